The van der Waals surface area contributed by atoms with E-state index in [1.807, 2.05) is 0 Å². The molecular weight excluding hydrogens is 392 g/mol. The van der Waals surface area contributed by atoms with Crippen LogP contribution in [0.1, 0.15) is 101 Å². The van der Waals surface area contributed by atoms with Crippen LogP contribution in [0.4, 0.5) is 0 Å². The van der Waals surface area contributed by atoms with Gasteiger partial charge in [0.2, 0.25) is 0 Å². The summed E-state index contributed by atoms with van der Waals surface area (Å²) in [4.78, 5) is 0. The Kier molecular flexibility index (Phi) is 8.82. The van der Waals surface area contributed by atoms with Gasteiger partial charge in [-0.15, -0.1) is 0 Å². The lowest BCUT2D eigenvalue weighted by Gasteiger charge is -2.30. The van der Waals surface area contributed by atoms with Crippen LogP contribution in [-0.4, -0.2) is 19.3 Å². The van der Waals surface area contributed by atoms with E-state index in [1.54, 1.807) is 0 Å². The minimum atomic E-state index is 0.0664. The molecule has 0 spiro atoms. The summed E-state index contributed by atoms with van der Waals surface area (Å²) in [6, 6.07) is 18.2. The second-order valence-corrected chi connectivity index (χ2v) is 10.0. The lowest BCUT2D eigenvalue weighted by Crippen LogP contribution is -2.31. The van der Waals surface area contributed by atoms with Crippen molar-refractivity contribution in [1.82, 2.24) is 0 Å². The quantitative estimate of drug-likeness (QED) is 0.368. The molecule has 1 saturated carbocycles. The highest BCUT2D eigenvalue weighted by molar-refractivity contribution is 5.64. The Morgan fingerprint density at radius 2 is 1.31 bits per heavy atom. The average molecular weight is 435 g/mol. The van der Waals surface area contributed by atoms with E-state index < -0.39 is 0 Å². The van der Waals surface area contributed by atoms with Crippen LogP contribution in [0, 0.1) is 5.92 Å². The first-order chi connectivity index (χ1) is 15.8. The molecular formula is C30H42O2. The Hall–Kier alpha value is -1.64. The molecule has 4 rings (SSSR count). The van der Waals surface area contributed by atoms with E-state index >= 15 is 0 Å². The summed E-state index contributed by atoms with van der Waals surface area (Å²) in [5.74, 6) is 1.73. The van der Waals surface area contributed by atoms with Crippen LogP contribution in [0.5, 0.6) is 0 Å². The van der Waals surface area contributed by atoms with Crippen LogP contribution in [0.15, 0.2) is 48.5 Å². The molecule has 1 aliphatic carbocycles. The largest absolute Gasteiger partial charge is 0.373 e. The summed E-state index contributed by atoms with van der Waals surface area (Å²) in [5.41, 5.74) is 5.33. The van der Waals surface area contributed by atoms with E-state index in [0.717, 1.165) is 24.9 Å². The first-order valence-corrected chi connectivity index (χ1v) is 13.2. The maximum atomic E-state index is 6.13. The van der Waals surface area contributed by atoms with Gasteiger partial charge in [-0.1, -0.05) is 94.5 Å². The summed E-state index contributed by atoms with van der Waals surface area (Å²) in [6.45, 7) is 5.95. The molecule has 1 aliphatic heterocycles. The van der Waals surface area contributed by atoms with Crippen molar-refractivity contribution in [3.05, 3.63) is 59.7 Å². The topological polar surface area (TPSA) is 18.5 Å². The summed E-state index contributed by atoms with van der Waals surface area (Å²) in [5, 5.41) is 0. The fraction of sp³-hybridized carbons (Fsp3) is 0.600. The van der Waals surface area contributed by atoms with Crippen LogP contribution in [0.2, 0.25) is 0 Å². The molecule has 32 heavy (non-hydrogen) atoms. The van der Waals surface area contributed by atoms with E-state index in [-0.39, 0.29) is 12.2 Å². The monoisotopic (exact) mass is 434 g/mol. The maximum Gasteiger partial charge on any atom is 0.106 e. The minimum Gasteiger partial charge on any atom is -0.373 e. The normalized spacial score (nSPS) is 26.2. The van der Waals surface area contributed by atoms with Crippen molar-refractivity contribution in [2.45, 2.75) is 96.2 Å². The molecule has 0 amide bonds. The molecule has 1 saturated heterocycles. The molecule has 2 aromatic rings. The molecule has 2 aromatic carbocycles. The Morgan fingerprint density at radius 1 is 0.656 bits per heavy atom. The number of hydrogen-bond donors (Lipinski definition) is 0. The van der Waals surface area contributed by atoms with Gasteiger partial charge < -0.3 is 9.47 Å². The van der Waals surface area contributed by atoms with Crippen LogP contribution in [-0.2, 0) is 9.47 Å². The van der Waals surface area contributed by atoms with E-state index in [0.29, 0.717) is 6.61 Å². The van der Waals surface area contributed by atoms with E-state index in [9.17, 15) is 0 Å². The minimum absolute atomic E-state index is 0.0664. The average Bonchev–Trinajstić information content (AvgIpc) is 2.86. The highest BCUT2D eigenvalue weighted by Gasteiger charge is 2.24. The van der Waals surface area contributed by atoms with Gasteiger partial charge in [-0.2, -0.15) is 0 Å². The van der Waals surface area contributed by atoms with Crippen LogP contribution in [0.3, 0.4) is 0 Å². The van der Waals surface area contributed by atoms with Crippen LogP contribution < -0.4 is 0 Å². The fourth-order valence-corrected chi connectivity index (χ4v) is 5.55. The molecule has 0 aromatic heterocycles. The molecule has 0 bridgehead atoms. The lowest BCUT2D eigenvalue weighted by molar-refractivity contribution is -0.137. The van der Waals surface area contributed by atoms with E-state index in [1.165, 1.54) is 80.0 Å². The number of hydrogen-bond acceptors (Lipinski definition) is 2. The standard InChI is InChI=1S/C30H42O2/c1-3-5-6-8-29-21-32-30(22-31-29)28-19-17-27(18-20-28)26-15-13-25(14-16-26)24-11-9-23(7-4-2)10-12-24/h13-20,23-24,29-30H,3-12,21-22H2,1-2H3. The molecule has 2 heteroatoms. The molecule has 0 N–H and O–H groups in total. The molecule has 2 unspecified atom stereocenters. The van der Waals surface area contributed by atoms with Gasteiger partial charge >= 0.3 is 0 Å². The summed E-state index contributed by atoms with van der Waals surface area (Å²) in [7, 11) is 0. The second kappa shape index (κ2) is 12.0. The zero-order valence-electron chi connectivity index (χ0n) is 20.2. The van der Waals surface area contributed by atoms with Crippen molar-refractivity contribution in [2.24, 2.45) is 5.92 Å². The van der Waals surface area contributed by atoms with Crippen molar-refractivity contribution < 1.29 is 9.47 Å². The Balaban J connectivity index is 1.29. The third kappa shape index (κ3) is 6.23. The van der Waals surface area contributed by atoms with Crippen molar-refractivity contribution in [3.8, 4) is 11.1 Å². The summed E-state index contributed by atoms with van der Waals surface area (Å²) in [6.07, 6.45) is 13.5. The first kappa shape index (κ1) is 23.5. The third-order valence-corrected chi connectivity index (χ3v) is 7.64. The Labute approximate surface area is 195 Å². The highest BCUT2D eigenvalue weighted by atomic mass is 16.6. The lowest BCUT2D eigenvalue weighted by atomic mass is 9.77. The molecule has 2 fully saturated rings. The zero-order chi connectivity index (χ0) is 22.2. The molecule has 1 heterocycles. The SMILES string of the molecule is CCCCCC1COC(c2ccc(-c3ccc(C4CCC(CCC)CC4)cc3)cc2)CO1. The first-order valence-electron chi connectivity index (χ1n) is 13.2. The molecule has 2 atom stereocenters. The van der Waals surface area contributed by atoms with Crippen LogP contribution in [0.25, 0.3) is 11.1 Å². The highest BCUT2D eigenvalue weighted by Crippen LogP contribution is 2.38. The summed E-state index contributed by atoms with van der Waals surface area (Å²) >= 11 is 0. The van der Waals surface area contributed by atoms with Crippen molar-refractivity contribution in [2.75, 3.05) is 13.2 Å². The van der Waals surface area contributed by atoms with Crippen molar-refractivity contribution >= 4 is 0 Å². The number of rotatable bonds is 9. The van der Waals surface area contributed by atoms with Gasteiger partial charge in [0.05, 0.1) is 19.3 Å². The van der Waals surface area contributed by atoms with Crippen molar-refractivity contribution in [3.63, 3.8) is 0 Å². The second-order valence-electron chi connectivity index (χ2n) is 10.0. The van der Waals surface area contributed by atoms with Gasteiger partial charge in [0.15, 0.2) is 0 Å². The third-order valence-electron chi connectivity index (χ3n) is 7.64. The molecule has 0 radical (unpaired) electrons. The predicted molar refractivity (Wildman–Crippen MR) is 134 cm³/mol. The van der Waals surface area contributed by atoms with Gasteiger partial charge in [0.1, 0.15) is 6.10 Å². The van der Waals surface area contributed by atoms with Gasteiger partial charge in [-0.25, -0.2) is 0 Å². The van der Waals surface area contributed by atoms with Crippen molar-refractivity contribution in [1.29, 1.82) is 0 Å². The van der Waals surface area contributed by atoms with E-state index in [2.05, 4.69) is 62.4 Å². The number of unbranched alkanes of at least 4 members (excludes halogenated alkanes) is 2. The van der Waals surface area contributed by atoms with Gasteiger partial charge in [-0.05, 0) is 66.2 Å². The Bertz CT molecular complexity index is 779. The maximum absolute atomic E-state index is 6.13. The molecule has 174 valence electrons. The smallest absolute Gasteiger partial charge is 0.106 e. The number of ether oxygens (including phenoxy) is 2. The van der Waals surface area contributed by atoms with Crippen LogP contribution >= 0.6 is 0 Å². The molecule has 2 aliphatic rings. The number of benzene rings is 2. The van der Waals surface area contributed by atoms with E-state index in [4.69, 9.17) is 9.47 Å². The Morgan fingerprint density at radius 3 is 1.88 bits per heavy atom. The molecule has 2 nitrogen and oxygen atoms in total. The zero-order valence-corrected chi connectivity index (χ0v) is 20.2. The van der Waals surface area contributed by atoms with Gasteiger partial charge in [-0.3, -0.25) is 0 Å². The predicted octanol–water partition coefficient (Wildman–Crippen LogP) is 8.46. The van der Waals surface area contributed by atoms with Gasteiger partial charge in [0.25, 0.3) is 0 Å². The fourth-order valence-electron chi connectivity index (χ4n) is 5.55. The van der Waals surface area contributed by atoms with Gasteiger partial charge in [0, 0.05) is 0 Å². The summed E-state index contributed by atoms with van der Waals surface area (Å²) < 4.78 is 12.2.